The topological polar surface area (TPSA) is 41.7 Å². The van der Waals surface area contributed by atoms with Gasteiger partial charge in [0.05, 0.1) is 6.61 Å². The van der Waals surface area contributed by atoms with E-state index < -0.39 is 0 Å². The Bertz CT molecular complexity index is 768. The van der Waals surface area contributed by atoms with Crippen LogP contribution in [0.1, 0.15) is 29.5 Å². The summed E-state index contributed by atoms with van der Waals surface area (Å²) in [4.78, 5) is 4.89. The standard InChI is InChI=1S/C23H31N3O/c1-25-11-10-19-6-7-22(14-21(19)15-25)27-17-18-8-12-26(13-9-18)16-20-4-2-3-5-23(20)24/h2-7,14,18H,8-13,15-17,24H2,1H3. The van der Waals surface area contributed by atoms with E-state index in [1.165, 1.54) is 29.5 Å². The monoisotopic (exact) mass is 365 g/mol. The zero-order valence-electron chi connectivity index (χ0n) is 16.4. The maximum Gasteiger partial charge on any atom is 0.119 e. The Morgan fingerprint density at radius 1 is 1.04 bits per heavy atom. The largest absolute Gasteiger partial charge is 0.493 e. The highest BCUT2D eigenvalue weighted by atomic mass is 16.5. The van der Waals surface area contributed by atoms with Crippen molar-refractivity contribution in [2.75, 3.05) is 39.0 Å². The Labute approximate surface area is 162 Å². The first kappa shape index (κ1) is 18.3. The minimum Gasteiger partial charge on any atom is -0.493 e. The molecule has 4 rings (SSSR count). The van der Waals surface area contributed by atoms with Crippen molar-refractivity contribution in [2.24, 2.45) is 5.92 Å². The number of likely N-dealkylation sites (N-methyl/N-ethyl adjacent to an activating group) is 1. The number of ether oxygens (including phenoxy) is 1. The van der Waals surface area contributed by atoms with Crippen LogP contribution in [0.5, 0.6) is 5.75 Å². The number of piperidine rings is 1. The minimum absolute atomic E-state index is 0.646. The van der Waals surface area contributed by atoms with E-state index in [0.717, 1.165) is 57.2 Å². The smallest absolute Gasteiger partial charge is 0.119 e. The highest BCUT2D eigenvalue weighted by Gasteiger charge is 2.21. The van der Waals surface area contributed by atoms with Gasteiger partial charge in [0.25, 0.3) is 0 Å². The summed E-state index contributed by atoms with van der Waals surface area (Å²) in [5.74, 6) is 1.68. The van der Waals surface area contributed by atoms with Gasteiger partial charge in [0.1, 0.15) is 5.75 Å². The number of likely N-dealkylation sites (tertiary alicyclic amines) is 1. The van der Waals surface area contributed by atoms with Crippen LogP contribution in [0.4, 0.5) is 5.69 Å². The summed E-state index contributed by atoms with van der Waals surface area (Å²) in [6.07, 6.45) is 3.54. The van der Waals surface area contributed by atoms with E-state index >= 15 is 0 Å². The second-order valence-electron chi connectivity index (χ2n) is 8.15. The predicted molar refractivity (Wildman–Crippen MR) is 111 cm³/mol. The molecule has 144 valence electrons. The van der Waals surface area contributed by atoms with Crippen molar-refractivity contribution in [1.29, 1.82) is 0 Å². The lowest BCUT2D eigenvalue weighted by Crippen LogP contribution is -2.35. The van der Waals surface area contributed by atoms with Gasteiger partial charge >= 0.3 is 0 Å². The van der Waals surface area contributed by atoms with Crippen LogP contribution in [-0.4, -0.2) is 43.1 Å². The molecule has 1 fully saturated rings. The van der Waals surface area contributed by atoms with Crippen LogP contribution >= 0.6 is 0 Å². The third-order valence-electron chi connectivity index (χ3n) is 6.02. The number of nitrogens with zero attached hydrogens (tertiary/aromatic N) is 2. The molecule has 2 aliphatic heterocycles. The Morgan fingerprint density at radius 2 is 1.85 bits per heavy atom. The fourth-order valence-corrected chi connectivity index (χ4v) is 4.21. The summed E-state index contributed by atoms with van der Waals surface area (Å²) in [5, 5.41) is 0. The third kappa shape index (κ3) is 4.63. The van der Waals surface area contributed by atoms with Crippen LogP contribution in [0.15, 0.2) is 42.5 Å². The van der Waals surface area contributed by atoms with Crippen LogP contribution < -0.4 is 10.5 Å². The number of fused-ring (bicyclic) bond motifs is 1. The SMILES string of the molecule is CN1CCc2ccc(OCC3CCN(Cc4ccccc4N)CC3)cc2C1. The quantitative estimate of drug-likeness (QED) is 0.823. The molecule has 2 aromatic carbocycles. The average Bonchev–Trinajstić information content (AvgIpc) is 2.69. The lowest BCUT2D eigenvalue weighted by molar-refractivity contribution is 0.137. The minimum atomic E-state index is 0.646. The van der Waals surface area contributed by atoms with Gasteiger partial charge in [-0.15, -0.1) is 0 Å². The highest BCUT2D eigenvalue weighted by Crippen LogP contribution is 2.25. The van der Waals surface area contributed by atoms with E-state index in [4.69, 9.17) is 10.5 Å². The summed E-state index contributed by atoms with van der Waals surface area (Å²) in [6, 6.07) is 14.9. The van der Waals surface area contributed by atoms with E-state index in [-0.39, 0.29) is 0 Å². The van der Waals surface area contributed by atoms with Crippen LogP contribution in [0.2, 0.25) is 0 Å². The normalized spacial score (nSPS) is 19.0. The number of nitrogen functional groups attached to an aromatic ring is 1. The highest BCUT2D eigenvalue weighted by molar-refractivity contribution is 5.46. The molecule has 0 radical (unpaired) electrons. The van der Waals surface area contributed by atoms with E-state index in [1.54, 1.807) is 0 Å². The number of rotatable bonds is 5. The van der Waals surface area contributed by atoms with E-state index in [2.05, 4.69) is 47.2 Å². The molecule has 0 spiro atoms. The molecule has 0 bridgehead atoms. The fourth-order valence-electron chi connectivity index (χ4n) is 4.21. The molecule has 2 aromatic rings. The summed E-state index contributed by atoms with van der Waals surface area (Å²) in [7, 11) is 2.19. The molecule has 0 aliphatic carbocycles. The number of anilines is 1. The van der Waals surface area contributed by atoms with Gasteiger partial charge in [-0.3, -0.25) is 4.90 Å². The molecular weight excluding hydrogens is 334 g/mol. The van der Waals surface area contributed by atoms with Gasteiger partial charge in [0, 0.05) is 25.3 Å². The molecular formula is C23H31N3O. The molecule has 0 atom stereocenters. The summed E-state index contributed by atoms with van der Waals surface area (Å²) >= 11 is 0. The van der Waals surface area contributed by atoms with Crippen LogP contribution in [0.3, 0.4) is 0 Å². The Morgan fingerprint density at radius 3 is 2.67 bits per heavy atom. The van der Waals surface area contributed by atoms with Crippen molar-refractivity contribution in [3.63, 3.8) is 0 Å². The zero-order chi connectivity index (χ0) is 18.6. The van der Waals surface area contributed by atoms with E-state index in [9.17, 15) is 0 Å². The van der Waals surface area contributed by atoms with Gasteiger partial charge in [-0.25, -0.2) is 0 Å². The lowest BCUT2D eigenvalue weighted by atomic mass is 9.97. The number of hydrogen-bond donors (Lipinski definition) is 1. The first-order chi connectivity index (χ1) is 13.2. The molecule has 2 heterocycles. The van der Waals surface area contributed by atoms with E-state index in [0.29, 0.717) is 5.92 Å². The van der Waals surface area contributed by atoms with Crippen molar-refractivity contribution in [3.8, 4) is 5.75 Å². The zero-order valence-corrected chi connectivity index (χ0v) is 16.4. The Balaban J connectivity index is 1.25. The van der Waals surface area contributed by atoms with Gasteiger partial charge < -0.3 is 15.4 Å². The molecule has 4 nitrogen and oxygen atoms in total. The maximum absolute atomic E-state index is 6.16. The van der Waals surface area contributed by atoms with Crippen molar-refractivity contribution >= 4 is 5.69 Å². The van der Waals surface area contributed by atoms with Crippen LogP contribution in [0.25, 0.3) is 0 Å². The van der Waals surface area contributed by atoms with Crippen molar-refractivity contribution < 1.29 is 4.74 Å². The molecule has 2 aliphatic rings. The molecule has 2 N–H and O–H groups in total. The fraction of sp³-hybridized carbons (Fsp3) is 0.478. The molecule has 0 saturated carbocycles. The van der Waals surface area contributed by atoms with Gasteiger partial charge in [0.2, 0.25) is 0 Å². The number of nitrogens with two attached hydrogens (primary N) is 1. The molecule has 0 amide bonds. The molecule has 1 saturated heterocycles. The second kappa shape index (κ2) is 8.32. The van der Waals surface area contributed by atoms with Gasteiger partial charge in [-0.2, -0.15) is 0 Å². The van der Waals surface area contributed by atoms with Gasteiger partial charge in [-0.1, -0.05) is 24.3 Å². The molecule has 27 heavy (non-hydrogen) atoms. The number of hydrogen-bond acceptors (Lipinski definition) is 4. The van der Waals surface area contributed by atoms with Crippen molar-refractivity contribution in [1.82, 2.24) is 9.80 Å². The van der Waals surface area contributed by atoms with Crippen molar-refractivity contribution in [3.05, 3.63) is 59.2 Å². The Kier molecular flexibility index (Phi) is 5.65. The van der Waals surface area contributed by atoms with E-state index in [1.807, 2.05) is 12.1 Å². The average molecular weight is 366 g/mol. The summed E-state index contributed by atoms with van der Waals surface area (Å²) in [5.41, 5.74) is 11.1. The number of para-hydroxylation sites is 1. The molecule has 4 heteroatoms. The lowest BCUT2D eigenvalue weighted by Gasteiger charge is -2.32. The van der Waals surface area contributed by atoms with Crippen molar-refractivity contribution in [2.45, 2.75) is 32.4 Å². The summed E-state index contributed by atoms with van der Waals surface area (Å²) in [6.45, 7) is 6.22. The Hall–Kier alpha value is -2.04. The first-order valence-corrected chi connectivity index (χ1v) is 10.2. The second-order valence-corrected chi connectivity index (χ2v) is 8.15. The molecule has 0 aromatic heterocycles. The van der Waals surface area contributed by atoms with Gasteiger partial charge in [-0.05, 0) is 80.2 Å². The van der Waals surface area contributed by atoms with Crippen LogP contribution in [0, 0.1) is 5.92 Å². The first-order valence-electron chi connectivity index (χ1n) is 10.2. The van der Waals surface area contributed by atoms with Gasteiger partial charge in [0.15, 0.2) is 0 Å². The number of benzene rings is 2. The summed E-state index contributed by atoms with van der Waals surface area (Å²) < 4.78 is 6.16. The predicted octanol–water partition coefficient (Wildman–Crippen LogP) is 3.55. The molecule has 0 unspecified atom stereocenters. The third-order valence-corrected chi connectivity index (χ3v) is 6.02. The van der Waals surface area contributed by atoms with Crippen LogP contribution in [-0.2, 0) is 19.5 Å². The maximum atomic E-state index is 6.16.